The smallest absolute Gasteiger partial charge is 0.0572 e. The van der Waals surface area contributed by atoms with E-state index in [0.717, 1.165) is 5.56 Å². The Morgan fingerprint density at radius 3 is 2.69 bits per heavy atom. The second-order valence-corrected chi connectivity index (χ2v) is 3.99. The average Bonchev–Trinajstić information content (AvgIpc) is 2.47. The highest BCUT2D eigenvalue weighted by atomic mass is 16.6. The number of nitrogens with one attached hydrogen (secondary N) is 1. The highest BCUT2D eigenvalue weighted by Crippen LogP contribution is 2.12. The van der Waals surface area contributed by atoms with Gasteiger partial charge in [-0.2, -0.15) is 10.6 Å². The Kier molecular flexibility index (Phi) is 3.06. The Balaban J connectivity index is 2.64. The van der Waals surface area contributed by atoms with Gasteiger partial charge in [0.1, 0.15) is 0 Å². The van der Waals surface area contributed by atoms with Gasteiger partial charge in [0, 0.05) is 18.3 Å². The minimum absolute atomic E-state index is 0.0469. The minimum Gasteiger partial charge on any atom is -0.305 e. The van der Waals surface area contributed by atoms with Crippen LogP contribution in [0, 0.1) is 0 Å². The molecule has 1 heterocycles. The lowest BCUT2D eigenvalue weighted by Gasteiger charge is -2.18. The van der Waals surface area contributed by atoms with E-state index >= 15 is 0 Å². The highest BCUT2D eigenvalue weighted by Gasteiger charge is 2.13. The molecule has 0 aromatic carbocycles. The van der Waals surface area contributed by atoms with Crippen molar-refractivity contribution in [2.75, 3.05) is 7.11 Å². The van der Waals surface area contributed by atoms with E-state index in [1.807, 2.05) is 17.1 Å². The maximum absolute atomic E-state index is 4.75. The summed E-state index contributed by atoms with van der Waals surface area (Å²) in [6, 6.07) is 0. The summed E-state index contributed by atoms with van der Waals surface area (Å²) in [4.78, 5) is 4.75. The fraction of sp³-hybridized carbons (Fsp3) is 0.667. The molecule has 1 aromatic rings. The first kappa shape index (κ1) is 10.2. The Bertz CT molecular complexity index is 262. The van der Waals surface area contributed by atoms with Crippen molar-refractivity contribution in [2.24, 2.45) is 0 Å². The zero-order valence-corrected chi connectivity index (χ0v) is 8.66. The zero-order chi connectivity index (χ0) is 9.90. The molecule has 0 unspecified atom stereocenters. The molecule has 1 N–H and O–H groups in total. The molecule has 4 nitrogen and oxygen atoms in total. The quantitative estimate of drug-likeness (QED) is 0.718. The number of aromatic nitrogens is 2. The van der Waals surface area contributed by atoms with Gasteiger partial charge < -0.3 is 4.84 Å². The molecule has 74 valence electrons. The average molecular weight is 183 g/mol. The highest BCUT2D eigenvalue weighted by molar-refractivity contribution is 5.04. The Morgan fingerprint density at radius 1 is 1.54 bits per heavy atom. The summed E-state index contributed by atoms with van der Waals surface area (Å²) in [7, 11) is 1.61. The van der Waals surface area contributed by atoms with Crippen molar-refractivity contribution in [3.63, 3.8) is 0 Å². The first-order chi connectivity index (χ1) is 6.04. The Labute approximate surface area is 78.8 Å². The van der Waals surface area contributed by atoms with Gasteiger partial charge in [-0.05, 0) is 20.8 Å². The number of rotatable bonds is 3. The third kappa shape index (κ3) is 2.82. The van der Waals surface area contributed by atoms with Gasteiger partial charge in [0.25, 0.3) is 0 Å². The number of nitrogens with zero attached hydrogens (tertiary/aromatic N) is 2. The molecule has 0 saturated carbocycles. The van der Waals surface area contributed by atoms with E-state index < -0.39 is 0 Å². The maximum atomic E-state index is 4.75. The molecule has 0 aliphatic heterocycles. The first-order valence-electron chi connectivity index (χ1n) is 4.34. The third-order valence-corrected chi connectivity index (χ3v) is 1.74. The SMILES string of the molecule is CONCc1cnn(C(C)(C)C)c1. The fourth-order valence-corrected chi connectivity index (χ4v) is 0.974. The third-order valence-electron chi connectivity index (χ3n) is 1.74. The molecule has 1 aromatic heterocycles. The largest absolute Gasteiger partial charge is 0.305 e. The lowest BCUT2D eigenvalue weighted by Crippen LogP contribution is -2.22. The first-order valence-corrected chi connectivity index (χ1v) is 4.34. The molecule has 0 radical (unpaired) electrons. The van der Waals surface area contributed by atoms with Crippen LogP contribution < -0.4 is 5.48 Å². The van der Waals surface area contributed by atoms with Crippen molar-refractivity contribution in [2.45, 2.75) is 32.9 Å². The van der Waals surface area contributed by atoms with Crippen LogP contribution >= 0.6 is 0 Å². The van der Waals surface area contributed by atoms with E-state index in [1.165, 1.54) is 0 Å². The lowest BCUT2D eigenvalue weighted by atomic mass is 10.1. The summed E-state index contributed by atoms with van der Waals surface area (Å²) in [5.41, 5.74) is 3.94. The molecule has 0 saturated heterocycles. The van der Waals surface area contributed by atoms with Crippen LogP contribution in [0.25, 0.3) is 0 Å². The van der Waals surface area contributed by atoms with E-state index in [9.17, 15) is 0 Å². The minimum atomic E-state index is 0.0469. The van der Waals surface area contributed by atoms with Gasteiger partial charge in [0.05, 0.1) is 18.8 Å². The van der Waals surface area contributed by atoms with E-state index in [2.05, 4.69) is 31.3 Å². The van der Waals surface area contributed by atoms with E-state index in [4.69, 9.17) is 4.84 Å². The van der Waals surface area contributed by atoms with Gasteiger partial charge in [-0.15, -0.1) is 0 Å². The molecule has 13 heavy (non-hydrogen) atoms. The standard InChI is InChI=1S/C9H17N3O/c1-9(2,3)12-7-8(5-10-12)6-11-13-4/h5,7,11H,6H2,1-4H3. The normalized spacial score (nSPS) is 12.0. The monoisotopic (exact) mass is 183 g/mol. The Hall–Kier alpha value is -0.870. The molecule has 0 amide bonds. The Morgan fingerprint density at radius 2 is 2.23 bits per heavy atom. The molecule has 0 bridgehead atoms. The zero-order valence-electron chi connectivity index (χ0n) is 8.66. The van der Waals surface area contributed by atoms with Gasteiger partial charge in [0.15, 0.2) is 0 Å². The van der Waals surface area contributed by atoms with Gasteiger partial charge >= 0.3 is 0 Å². The molecule has 1 rings (SSSR count). The number of hydrogen-bond donors (Lipinski definition) is 1. The van der Waals surface area contributed by atoms with Crippen molar-refractivity contribution in [1.82, 2.24) is 15.3 Å². The van der Waals surface area contributed by atoms with Crippen molar-refractivity contribution in [1.29, 1.82) is 0 Å². The van der Waals surface area contributed by atoms with Crippen LogP contribution in [0.4, 0.5) is 0 Å². The summed E-state index contributed by atoms with van der Waals surface area (Å²) in [5.74, 6) is 0. The van der Waals surface area contributed by atoms with Gasteiger partial charge in [-0.1, -0.05) is 0 Å². The van der Waals surface area contributed by atoms with Crippen LogP contribution in [0.15, 0.2) is 12.4 Å². The maximum Gasteiger partial charge on any atom is 0.0572 e. The van der Waals surface area contributed by atoms with E-state index in [0.29, 0.717) is 6.54 Å². The predicted octanol–water partition coefficient (Wildman–Crippen LogP) is 1.29. The van der Waals surface area contributed by atoms with Crippen molar-refractivity contribution >= 4 is 0 Å². The molecule has 0 aliphatic rings. The van der Waals surface area contributed by atoms with Crippen molar-refractivity contribution in [3.8, 4) is 0 Å². The van der Waals surface area contributed by atoms with Crippen LogP contribution in [0.1, 0.15) is 26.3 Å². The number of hydroxylamine groups is 1. The molecule has 0 spiro atoms. The summed E-state index contributed by atoms with van der Waals surface area (Å²) in [6.07, 6.45) is 3.86. The van der Waals surface area contributed by atoms with Crippen LogP contribution in [0.3, 0.4) is 0 Å². The van der Waals surface area contributed by atoms with E-state index in [1.54, 1.807) is 7.11 Å². The van der Waals surface area contributed by atoms with E-state index in [-0.39, 0.29) is 5.54 Å². The molecule has 0 atom stereocenters. The molecule has 4 heteroatoms. The van der Waals surface area contributed by atoms with Crippen LogP contribution in [0.5, 0.6) is 0 Å². The van der Waals surface area contributed by atoms with Crippen LogP contribution in [-0.2, 0) is 16.9 Å². The lowest BCUT2D eigenvalue weighted by molar-refractivity contribution is 0.0866. The molecular weight excluding hydrogens is 166 g/mol. The molecule has 0 fully saturated rings. The van der Waals surface area contributed by atoms with Gasteiger partial charge in [-0.25, -0.2) is 0 Å². The molecular formula is C9H17N3O. The van der Waals surface area contributed by atoms with Gasteiger partial charge in [0.2, 0.25) is 0 Å². The summed E-state index contributed by atoms with van der Waals surface area (Å²) in [6.45, 7) is 7.04. The second kappa shape index (κ2) is 3.89. The summed E-state index contributed by atoms with van der Waals surface area (Å²) in [5, 5.41) is 4.26. The molecule has 0 aliphatic carbocycles. The summed E-state index contributed by atoms with van der Waals surface area (Å²) < 4.78 is 1.94. The topological polar surface area (TPSA) is 39.1 Å². The predicted molar refractivity (Wildman–Crippen MR) is 51.1 cm³/mol. The van der Waals surface area contributed by atoms with Gasteiger partial charge in [-0.3, -0.25) is 4.68 Å². The van der Waals surface area contributed by atoms with Crippen molar-refractivity contribution in [3.05, 3.63) is 18.0 Å². The number of hydrogen-bond acceptors (Lipinski definition) is 3. The summed E-state index contributed by atoms with van der Waals surface area (Å²) >= 11 is 0. The fourth-order valence-electron chi connectivity index (χ4n) is 0.974. The van der Waals surface area contributed by atoms with Crippen LogP contribution in [-0.4, -0.2) is 16.9 Å². The van der Waals surface area contributed by atoms with Crippen molar-refractivity contribution < 1.29 is 4.84 Å². The second-order valence-electron chi connectivity index (χ2n) is 3.99. The van der Waals surface area contributed by atoms with Crippen LogP contribution in [0.2, 0.25) is 0 Å².